The second-order valence-corrected chi connectivity index (χ2v) is 7.70. The molecule has 8 heteroatoms. The van der Waals surface area contributed by atoms with E-state index >= 15 is 0 Å². The van der Waals surface area contributed by atoms with Gasteiger partial charge in [-0.2, -0.15) is 0 Å². The first-order valence-electron chi connectivity index (χ1n) is 10.7. The predicted octanol–water partition coefficient (Wildman–Crippen LogP) is 4.35. The second-order valence-electron chi connectivity index (χ2n) is 7.70. The molecule has 1 N–H and O–H groups in total. The summed E-state index contributed by atoms with van der Waals surface area (Å²) in [6.45, 7) is 0. The first-order valence-corrected chi connectivity index (χ1v) is 10.7. The summed E-state index contributed by atoms with van der Waals surface area (Å²) in [6.07, 6.45) is 0. The van der Waals surface area contributed by atoms with Crippen molar-refractivity contribution in [2.75, 3.05) is 33.3 Å². The van der Waals surface area contributed by atoms with Crippen LogP contribution in [0.2, 0.25) is 0 Å². The summed E-state index contributed by atoms with van der Waals surface area (Å²) < 4.78 is 21.3. The fraction of sp³-hybridized carbons (Fsp3) is 0.185. The molecule has 0 unspecified atom stereocenters. The van der Waals surface area contributed by atoms with E-state index in [-0.39, 0.29) is 11.3 Å². The van der Waals surface area contributed by atoms with Gasteiger partial charge in [-0.1, -0.05) is 0 Å². The fourth-order valence-electron chi connectivity index (χ4n) is 4.08. The van der Waals surface area contributed by atoms with Gasteiger partial charge < -0.3 is 24.1 Å². The van der Waals surface area contributed by atoms with Crippen LogP contribution >= 0.6 is 0 Å². The van der Waals surface area contributed by atoms with E-state index in [1.54, 1.807) is 66.7 Å². The van der Waals surface area contributed by atoms with Gasteiger partial charge in [0, 0.05) is 22.9 Å². The highest BCUT2D eigenvalue weighted by atomic mass is 16.5. The van der Waals surface area contributed by atoms with E-state index in [9.17, 15) is 14.7 Å². The molecule has 4 rings (SSSR count). The van der Waals surface area contributed by atoms with E-state index in [0.29, 0.717) is 39.8 Å². The average Bonchev–Trinajstić information content (AvgIpc) is 3.17. The first kappa shape index (κ1) is 23.7. The van der Waals surface area contributed by atoms with Crippen LogP contribution in [0.25, 0.3) is 5.76 Å². The maximum absolute atomic E-state index is 13.3. The quantitative estimate of drug-likeness (QED) is 0.308. The Morgan fingerprint density at radius 2 is 1.29 bits per heavy atom. The third kappa shape index (κ3) is 4.26. The van der Waals surface area contributed by atoms with Gasteiger partial charge in [0.1, 0.15) is 28.8 Å². The van der Waals surface area contributed by atoms with Gasteiger partial charge in [0.15, 0.2) is 0 Å². The number of methoxy groups -OCH3 is 4. The summed E-state index contributed by atoms with van der Waals surface area (Å²) in [5.74, 6) is 0.253. The molecule has 0 radical (unpaired) electrons. The minimum Gasteiger partial charge on any atom is -0.507 e. The fourth-order valence-corrected chi connectivity index (χ4v) is 4.08. The number of carbonyl (C=O) groups is 2. The Balaban J connectivity index is 1.95. The molecule has 35 heavy (non-hydrogen) atoms. The van der Waals surface area contributed by atoms with Gasteiger partial charge in [-0.05, 0) is 60.7 Å². The zero-order valence-corrected chi connectivity index (χ0v) is 19.8. The van der Waals surface area contributed by atoms with Crippen molar-refractivity contribution < 1.29 is 33.6 Å². The van der Waals surface area contributed by atoms with E-state index in [4.69, 9.17) is 18.9 Å². The molecule has 0 aliphatic carbocycles. The van der Waals surface area contributed by atoms with Crippen molar-refractivity contribution >= 4 is 23.1 Å². The zero-order valence-electron chi connectivity index (χ0n) is 19.8. The second kappa shape index (κ2) is 9.80. The lowest BCUT2D eigenvalue weighted by atomic mass is 9.94. The Labute approximate surface area is 202 Å². The Bertz CT molecular complexity index is 1280. The molecule has 180 valence electrons. The highest BCUT2D eigenvalue weighted by Crippen LogP contribution is 2.46. The standard InChI is InChI=1S/C27H25NO7/c1-32-18-9-5-16(6-10-18)25(29)23-24(21-14-13-20(34-3)15-22(21)35-4)28(27(31)26(23)30)17-7-11-19(33-2)12-8-17/h5-15,24,29H,1-4H3/b25-23+/t24-/m0/s1. The van der Waals surface area contributed by atoms with E-state index < -0.39 is 17.7 Å². The molecular weight excluding hydrogens is 450 g/mol. The summed E-state index contributed by atoms with van der Waals surface area (Å²) in [5.41, 5.74) is 1.29. The lowest BCUT2D eigenvalue weighted by Gasteiger charge is -2.27. The molecule has 1 atom stereocenters. The van der Waals surface area contributed by atoms with Crippen LogP contribution in [-0.4, -0.2) is 45.2 Å². The molecule has 0 bridgehead atoms. The van der Waals surface area contributed by atoms with Crippen molar-refractivity contribution in [2.45, 2.75) is 6.04 Å². The molecule has 1 amide bonds. The predicted molar refractivity (Wildman–Crippen MR) is 130 cm³/mol. The smallest absolute Gasteiger partial charge is 0.300 e. The Morgan fingerprint density at radius 1 is 0.743 bits per heavy atom. The van der Waals surface area contributed by atoms with E-state index in [0.717, 1.165) is 0 Å². The number of rotatable bonds is 7. The topological polar surface area (TPSA) is 94.5 Å². The number of anilines is 1. The van der Waals surface area contributed by atoms with E-state index in [2.05, 4.69) is 0 Å². The van der Waals surface area contributed by atoms with Crippen LogP contribution < -0.4 is 23.8 Å². The van der Waals surface area contributed by atoms with Crippen molar-refractivity contribution in [3.05, 3.63) is 83.4 Å². The lowest BCUT2D eigenvalue weighted by molar-refractivity contribution is -0.132. The summed E-state index contributed by atoms with van der Waals surface area (Å²) in [7, 11) is 6.09. The largest absolute Gasteiger partial charge is 0.507 e. The molecule has 8 nitrogen and oxygen atoms in total. The Morgan fingerprint density at radius 3 is 1.83 bits per heavy atom. The van der Waals surface area contributed by atoms with E-state index in [1.165, 1.54) is 33.3 Å². The Kier molecular flexibility index (Phi) is 6.64. The highest BCUT2D eigenvalue weighted by Gasteiger charge is 2.48. The van der Waals surface area contributed by atoms with Crippen LogP contribution in [0.4, 0.5) is 5.69 Å². The van der Waals surface area contributed by atoms with Gasteiger partial charge in [0.25, 0.3) is 11.7 Å². The molecule has 3 aromatic carbocycles. The molecule has 1 saturated heterocycles. The molecular formula is C27H25NO7. The van der Waals surface area contributed by atoms with Crippen molar-refractivity contribution in [3.8, 4) is 23.0 Å². The molecule has 1 aliphatic rings. The Hall–Kier alpha value is -4.46. The lowest BCUT2D eigenvalue weighted by Crippen LogP contribution is -2.29. The SMILES string of the molecule is COc1ccc(/C(O)=C2\C(=O)C(=O)N(c3ccc(OC)cc3)[C@H]2c2ccc(OC)cc2OC)cc1. The van der Waals surface area contributed by atoms with Crippen LogP contribution in [0.15, 0.2) is 72.3 Å². The van der Waals surface area contributed by atoms with Gasteiger partial charge in [-0.15, -0.1) is 0 Å². The number of nitrogens with zero attached hydrogens (tertiary/aromatic N) is 1. The van der Waals surface area contributed by atoms with Crippen LogP contribution in [0.3, 0.4) is 0 Å². The third-order valence-corrected chi connectivity index (χ3v) is 5.89. The molecule has 1 fully saturated rings. The number of carbonyl (C=O) groups excluding carboxylic acids is 2. The maximum Gasteiger partial charge on any atom is 0.300 e. The van der Waals surface area contributed by atoms with Crippen LogP contribution in [0.5, 0.6) is 23.0 Å². The molecule has 0 spiro atoms. The summed E-state index contributed by atoms with van der Waals surface area (Å²) in [6, 6.07) is 17.5. The van der Waals surface area contributed by atoms with Crippen LogP contribution in [0.1, 0.15) is 17.2 Å². The minimum atomic E-state index is -0.952. The van der Waals surface area contributed by atoms with Gasteiger partial charge in [0.05, 0.1) is 40.1 Å². The van der Waals surface area contributed by atoms with Crippen molar-refractivity contribution in [2.24, 2.45) is 0 Å². The normalized spacial score (nSPS) is 16.8. The summed E-state index contributed by atoms with van der Waals surface area (Å²) in [4.78, 5) is 28.0. The summed E-state index contributed by atoms with van der Waals surface area (Å²) in [5, 5.41) is 11.3. The van der Waals surface area contributed by atoms with Gasteiger partial charge in [-0.3, -0.25) is 14.5 Å². The number of ether oxygens (including phenoxy) is 4. The molecule has 3 aromatic rings. The number of Topliss-reactive ketones (excluding diaryl/α,β-unsaturated/α-hetero) is 1. The highest BCUT2D eigenvalue weighted by molar-refractivity contribution is 6.51. The zero-order chi connectivity index (χ0) is 25.1. The van der Waals surface area contributed by atoms with Crippen molar-refractivity contribution in [1.29, 1.82) is 0 Å². The van der Waals surface area contributed by atoms with Crippen LogP contribution in [-0.2, 0) is 9.59 Å². The number of aliphatic hydroxyl groups is 1. The number of ketones is 1. The van der Waals surface area contributed by atoms with Gasteiger partial charge in [-0.25, -0.2) is 0 Å². The maximum atomic E-state index is 13.3. The minimum absolute atomic E-state index is 0.0561. The van der Waals surface area contributed by atoms with Crippen molar-refractivity contribution in [1.82, 2.24) is 0 Å². The molecule has 0 aromatic heterocycles. The number of hydrogen-bond acceptors (Lipinski definition) is 7. The first-order chi connectivity index (χ1) is 16.9. The number of hydrogen-bond donors (Lipinski definition) is 1. The summed E-state index contributed by atoms with van der Waals surface area (Å²) >= 11 is 0. The molecule has 1 aliphatic heterocycles. The average molecular weight is 475 g/mol. The van der Waals surface area contributed by atoms with E-state index in [1.807, 2.05) is 0 Å². The van der Waals surface area contributed by atoms with Crippen molar-refractivity contribution in [3.63, 3.8) is 0 Å². The van der Waals surface area contributed by atoms with Gasteiger partial charge >= 0.3 is 0 Å². The number of aliphatic hydroxyl groups excluding tert-OH is 1. The molecule has 1 heterocycles. The molecule has 0 saturated carbocycles. The van der Waals surface area contributed by atoms with Gasteiger partial charge in [0.2, 0.25) is 0 Å². The third-order valence-electron chi connectivity index (χ3n) is 5.89. The van der Waals surface area contributed by atoms with Crippen LogP contribution in [0, 0.1) is 0 Å². The number of benzene rings is 3. The monoisotopic (exact) mass is 475 g/mol. The number of amides is 1.